The van der Waals surface area contributed by atoms with E-state index < -0.39 is 0 Å². The summed E-state index contributed by atoms with van der Waals surface area (Å²) in [7, 11) is 3.21. The van der Waals surface area contributed by atoms with Crippen molar-refractivity contribution in [2.24, 2.45) is 0 Å². The maximum atomic E-state index is 12.4. The Morgan fingerprint density at radius 2 is 1.79 bits per heavy atom. The number of nitrogens with zero attached hydrogens (tertiary/aromatic N) is 4. The molecule has 0 spiro atoms. The summed E-state index contributed by atoms with van der Waals surface area (Å²) in [6.45, 7) is 2.57. The van der Waals surface area contributed by atoms with Crippen molar-refractivity contribution in [1.82, 2.24) is 25.1 Å². The van der Waals surface area contributed by atoms with Crippen LogP contribution in [0.1, 0.15) is 11.1 Å². The predicted molar refractivity (Wildman–Crippen MR) is 128 cm³/mol. The molecule has 2 aromatic heterocycles. The van der Waals surface area contributed by atoms with Gasteiger partial charge < -0.3 is 14.8 Å². The highest BCUT2D eigenvalue weighted by Gasteiger charge is 2.12. The second-order valence-electron chi connectivity index (χ2n) is 7.42. The summed E-state index contributed by atoms with van der Waals surface area (Å²) in [4.78, 5) is 12.4. The molecule has 1 N–H and O–H groups in total. The number of thioether (sulfide) groups is 1. The van der Waals surface area contributed by atoms with E-state index in [-0.39, 0.29) is 11.7 Å². The number of benzene rings is 2. The highest BCUT2D eigenvalue weighted by atomic mass is 32.2. The Hall–Kier alpha value is -3.59. The SMILES string of the molecule is COc1ccc(CCNC(=O)CSc2nnc3ccc(-c4ccc(C)cc4)nn23)cc1OC. The first-order valence-corrected chi connectivity index (χ1v) is 11.5. The van der Waals surface area contributed by atoms with Gasteiger partial charge in [0.1, 0.15) is 0 Å². The summed E-state index contributed by atoms with van der Waals surface area (Å²) < 4.78 is 12.3. The molecule has 4 aromatic rings. The molecule has 0 aliphatic carbocycles. The molecule has 0 aliphatic rings. The van der Waals surface area contributed by atoms with Crippen LogP contribution in [0.3, 0.4) is 0 Å². The number of ether oxygens (including phenoxy) is 2. The number of aromatic nitrogens is 4. The van der Waals surface area contributed by atoms with Gasteiger partial charge in [0.05, 0.1) is 25.7 Å². The molecule has 2 heterocycles. The first-order valence-electron chi connectivity index (χ1n) is 10.5. The normalized spacial score (nSPS) is 10.9. The van der Waals surface area contributed by atoms with Crippen molar-refractivity contribution in [3.63, 3.8) is 0 Å². The van der Waals surface area contributed by atoms with Crippen LogP contribution in [0.4, 0.5) is 0 Å². The Balaban J connectivity index is 1.34. The highest BCUT2D eigenvalue weighted by molar-refractivity contribution is 7.99. The lowest BCUT2D eigenvalue weighted by molar-refractivity contribution is -0.118. The maximum Gasteiger partial charge on any atom is 0.230 e. The van der Waals surface area contributed by atoms with Gasteiger partial charge in [-0.1, -0.05) is 47.7 Å². The summed E-state index contributed by atoms with van der Waals surface area (Å²) in [6, 6.07) is 17.7. The van der Waals surface area contributed by atoms with Crippen LogP contribution in [0.2, 0.25) is 0 Å². The largest absolute Gasteiger partial charge is 0.493 e. The number of carbonyl (C=O) groups is 1. The number of carbonyl (C=O) groups excluding carboxylic acids is 1. The number of amides is 1. The van der Waals surface area contributed by atoms with Crippen LogP contribution >= 0.6 is 11.8 Å². The van der Waals surface area contributed by atoms with E-state index in [0.717, 1.165) is 16.8 Å². The minimum absolute atomic E-state index is 0.0769. The van der Waals surface area contributed by atoms with Gasteiger partial charge in [0.2, 0.25) is 11.1 Å². The smallest absolute Gasteiger partial charge is 0.230 e. The van der Waals surface area contributed by atoms with Crippen molar-refractivity contribution in [3.05, 3.63) is 65.7 Å². The fraction of sp³-hybridized carbons (Fsp3) is 0.250. The third kappa shape index (κ3) is 5.43. The first-order chi connectivity index (χ1) is 16.1. The molecule has 0 saturated heterocycles. The second kappa shape index (κ2) is 10.4. The maximum absolute atomic E-state index is 12.4. The fourth-order valence-corrected chi connectivity index (χ4v) is 4.02. The van der Waals surface area contributed by atoms with Crippen LogP contribution in [0.5, 0.6) is 11.5 Å². The monoisotopic (exact) mass is 463 g/mol. The Bertz CT molecular complexity index is 1260. The molecular weight excluding hydrogens is 438 g/mol. The molecule has 0 fully saturated rings. The predicted octanol–water partition coefficient (Wildman–Crippen LogP) is 3.57. The summed E-state index contributed by atoms with van der Waals surface area (Å²) in [5.74, 6) is 1.50. The summed E-state index contributed by atoms with van der Waals surface area (Å²) in [5.41, 5.74) is 4.72. The van der Waals surface area contributed by atoms with E-state index in [1.807, 2.05) is 49.4 Å². The summed E-state index contributed by atoms with van der Waals surface area (Å²) in [5, 5.41) is 16.5. The lowest BCUT2D eigenvalue weighted by Gasteiger charge is -2.10. The second-order valence-corrected chi connectivity index (χ2v) is 8.36. The zero-order valence-electron chi connectivity index (χ0n) is 18.7. The average Bonchev–Trinajstić information content (AvgIpc) is 3.25. The van der Waals surface area contributed by atoms with Crippen molar-refractivity contribution in [2.45, 2.75) is 18.5 Å². The lowest BCUT2D eigenvalue weighted by Crippen LogP contribution is -2.27. The Morgan fingerprint density at radius 3 is 2.55 bits per heavy atom. The molecule has 170 valence electrons. The molecule has 9 heteroatoms. The third-order valence-corrected chi connectivity index (χ3v) is 6.02. The van der Waals surface area contributed by atoms with Gasteiger partial charge in [-0.3, -0.25) is 4.79 Å². The molecule has 33 heavy (non-hydrogen) atoms. The van der Waals surface area contributed by atoms with Gasteiger partial charge >= 0.3 is 0 Å². The van der Waals surface area contributed by atoms with E-state index in [1.54, 1.807) is 18.7 Å². The van der Waals surface area contributed by atoms with Crippen molar-refractivity contribution < 1.29 is 14.3 Å². The zero-order valence-corrected chi connectivity index (χ0v) is 19.6. The van der Waals surface area contributed by atoms with Crippen molar-refractivity contribution in [3.8, 4) is 22.8 Å². The van der Waals surface area contributed by atoms with Crippen LogP contribution in [0.15, 0.2) is 59.8 Å². The molecule has 0 saturated carbocycles. The molecule has 0 bridgehead atoms. The Morgan fingerprint density at radius 1 is 1.00 bits per heavy atom. The Kier molecular flexibility index (Phi) is 7.09. The number of rotatable bonds is 9. The van der Waals surface area contributed by atoms with Crippen LogP contribution in [-0.4, -0.2) is 52.2 Å². The van der Waals surface area contributed by atoms with Gasteiger partial charge in [0, 0.05) is 12.1 Å². The van der Waals surface area contributed by atoms with Crippen molar-refractivity contribution in [1.29, 1.82) is 0 Å². The van der Waals surface area contributed by atoms with E-state index in [2.05, 4.69) is 32.7 Å². The summed E-state index contributed by atoms with van der Waals surface area (Å²) in [6.07, 6.45) is 0.687. The number of hydrogen-bond donors (Lipinski definition) is 1. The topological polar surface area (TPSA) is 90.6 Å². The molecule has 0 unspecified atom stereocenters. The number of fused-ring (bicyclic) bond motifs is 1. The summed E-state index contributed by atoms with van der Waals surface area (Å²) >= 11 is 1.31. The van der Waals surface area contributed by atoms with Crippen LogP contribution < -0.4 is 14.8 Å². The van der Waals surface area contributed by atoms with E-state index in [0.29, 0.717) is 35.3 Å². The average molecular weight is 464 g/mol. The van der Waals surface area contributed by atoms with Gasteiger partial charge in [0.25, 0.3) is 0 Å². The molecule has 2 aromatic carbocycles. The molecule has 0 atom stereocenters. The van der Waals surface area contributed by atoms with E-state index in [4.69, 9.17) is 9.47 Å². The fourth-order valence-electron chi connectivity index (χ4n) is 3.30. The number of nitrogens with one attached hydrogen (secondary N) is 1. The molecule has 8 nitrogen and oxygen atoms in total. The third-order valence-electron chi connectivity index (χ3n) is 5.10. The highest BCUT2D eigenvalue weighted by Crippen LogP contribution is 2.27. The minimum atomic E-state index is -0.0769. The van der Waals surface area contributed by atoms with E-state index in [1.165, 1.54) is 17.3 Å². The molecule has 1 amide bonds. The van der Waals surface area contributed by atoms with E-state index in [9.17, 15) is 4.79 Å². The van der Waals surface area contributed by atoms with Gasteiger partial charge in [-0.15, -0.1) is 10.2 Å². The zero-order chi connectivity index (χ0) is 23.2. The molecule has 0 radical (unpaired) electrons. The van der Waals surface area contributed by atoms with E-state index >= 15 is 0 Å². The lowest BCUT2D eigenvalue weighted by atomic mass is 10.1. The van der Waals surface area contributed by atoms with Crippen LogP contribution in [0.25, 0.3) is 16.9 Å². The number of aryl methyl sites for hydroxylation is 1. The first kappa shape index (κ1) is 22.6. The van der Waals surface area contributed by atoms with Gasteiger partial charge in [-0.2, -0.15) is 9.61 Å². The van der Waals surface area contributed by atoms with Crippen molar-refractivity contribution in [2.75, 3.05) is 26.5 Å². The van der Waals surface area contributed by atoms with Crippen molar-refractivity contribution >= 4 is 23.3 Å². The van der Waals surface area contributed by atoms with Gasteiger partial charge in [0.15, 0.2) is 17.1 Å². The molecular formula is C24H25N5O3S. The number of hydrogen-bond acceptors (Lipinski definition) is 7. The van der Waals surface area contributed by atoms with Crippen LogP contribution in [0, 0.1) is 6.92 Å². The van der Waals surface area contributed by atoms with Crippen LogP contribution in [-0.2, 0) is 11.2 Å². The molecule has 4 rings (SSSR count). The van der Waals surface area contributed by atoms with Gasteiger partial charge in [-0.25, -0.2) is 0 Å². The quantitative estimate of drug-likeness (QED) is 0.380. The number of methoxy groups -OCH3 is 2. The minimum Gasteiger partial charge on any atom is -0.493 e. The molecule has 0 aliphatic heterocycles. The Labute approximate surface area is 196 Å². The van der Waals surface area contributed by atoms with Gasteiger partial charge in [-0.05, 0) is 43.2 Å². The standard InChI is InChI=1S/C24H25N5O3S/c1-16-4-7-18(8-5-16)19-9-11-22-26-27-24(29(22)28-19)33-15-23(30)25-13-12-17-6-10-20(31-2)21(14-17)32-3/h4-11,14H,12-13,15H2,1-3H3,(H,25,30).